The van der Waals surface area contributed by atoms with Crippen molar-refractivity contribution in [3.05, 3.63) is 52.5 Å². The maximum absolute atomic E-state index is 11.8. The Hall–Kier alpha value is -2.57. The van der Waals surface area contributed by atoms with Crippen LogP contribution in [0.15, 0.2) is 35.5 Å². The van der Waals surface area contributed by atoms with Gasteiger partial charge in [0.2, 0.25) is 0 Å². The van der Waals surface area contributed by atoms with Crippen molar-refractivity contribution in [2.24, 2.45) is 0 Å². The minimum atomic E-state index is -0.597. The van der Waals surface area contributed by atoms with E-state index >= 15 is 0 Å². The van der Waals surface area contributed by atoms with Crippen molar-refractivity contribution >= 4 is 5.97 Å². The highest BCUT2D eigenvalue weighted by Gasteiger charge is 2.15. The Kier molecular flexibility index (Phi) is 3.65. The lowest BCUT2D eigenvalue weighted by molar-refractivity contribution is 0.0590. The van der Waals surface area contributed by atoms with E-state index in [0.29, 0.717) is 5.69 Å². The normalized spacial score (nSPS) is 11.9. The Morgan fingerprint density at radius 2 is 2.16 bits per heavy atom. The van der Waals surface area contributed by atoms with Crippen molar-refractivity contribution in [1.82, 2.24) is 19.7 Å². The summed E-state index contributed by atoms with van der Waals surface area (Å²) in [6, 6.07) is 2.17. The van der Waals surface area contributed by atoms with Gasteiger partial charge in [0.15, 0.2) is 5.69 Å². The fraction of sp³-hybridized carbons (Fsp3) is 0.250. The molecule has 7 nitrogen and oxygen atoms in total. The van der Waals surface area contributed by atoms with Gasteiger partial charge in [0.25, 0.3) is 5.56 Å². The van der Waals surface area contributed by atoms with Crippen LogP contribution in [0.25, 0.3) is 0 Å². The third-order valence-electron chi connectivity index (χ3n) is 2.60. The molecular weight excluding hydrogens is 248 g/mol. The molecule has 0 aliphatic rings. The SMILES string of the molecule is COC(=O)c1ccc(=O)n(C(C)c2cnccn2)n1. The van der Waals surface area contributed by atoms with Crippen molar-refractivity contribution in [3.63, 3.8) is 0 Å². The van der Waals surface area contributed by atoms with E-state index in [9.17, 15) is 9.59 Å². The molecule has 0 saturated carbocycles. The fourth-order valence-corrected chi connectivity index (χ4v) is 1.57. The summed E-state index contributed by atoms with van der Waals surface area (Å²) in [7, 11) is 1.26. The van der Waals surface area contributed by atoms with Gasteiger partial charge in [-0.15, -0.1) is 0 Å². The largest absolute Gasteiger partial charge is 0.464 e. The van der Waals surface area contributed by atoms with Gasteiger partial charge in [0.1, 0.15) is 0 Å². The first-order chi connectivity index (χ1) is 9.13. The summed E-state index contributed by atoms with van der Waals surface area (Å²) in [5.41, 5.74) is 0.322. The van der Waals surface area contributed by atoms with Gasteiger partial charge in [0.05, 0.1) is 25.0 Å². The van der Waals surface area contributed by atoms with Crippen LogP contribution < -0.4 is 5.56 Å². The molecule has 2 aromatic heterocycles. The van der Waals surface area contributed by atoms with E-state index < -0.39 is 12.0 Å². The third-order valence-corrected chi connectivity index (χ3v) is 2.60. The lowest BCUT2D eigenvalue weighted by Gasteiger charge is -2.13. The Bertz CT molecular complexity index is 639. The summed E-state index contributed by atoms with van der Waals surface area (Å²) in [4.78, 5) is 31.3. The van der Waals surface area contributed by atoms with Gasteiger partial charge in [-0.05, 0) is 13.0 Å². The zero-order chi connectivity index (χ0) is 13.8. The van der Waals surface area contributed by atoms with Gasteiger partial charge in [-0.25, -0.2) is 9.48 Å². The molecule has 0 radical (unpaired) electrons. The first-order valence-corrected chi connectivity index (χ1v) is 5.57. The minimum absolute atomic E-state index is 0.0674. The van der Waals surface area contributed by atoms with E-state index in [1.54, 1.807) is 13.1 Å². The predicted molar refractivity (Wildman–Crippen MR) is 65.7 cm³/mol. The van der Waals surface area contributed by atoms with Gasteiger partial charge in [-0.3, -0.25) is 14.8 Å². The Labute approximate surface area is 108 Å². The standard InChI is InChI=1S/C12H12N4O3/c1-8(10-7-13-5-6-14-10)16-11(17)4-3-9(15-16)12(18)19-2/h3-8H,1-2H3. The molecule has 19 heavy (non-hydrogen) atoms. The van der Waals surface area contributed by atoms with Crippen LogP contribution in [0.4, 0.5) is 0 Å². The molecule has 0 N–H and O–H groups in total. The molecule has 0 aromatic carbocycles. The Morgan fingerprint density at radius 1 is 1.37 bits per heavy atom. The second-order valence-corrected chi connectivity index (χ2v) is 3.80. The average molecular weight is 260 g/mol. The van der Waals surface area contributed by atoms with Gasteiger partial charge in [-0.2, -0.15) is 5.10 Å². The minimum Gasteiger partial charge on any atom is -0.464 e. The monoisotopic (exact) mass is 260 g/mol. The number of carbonyl (C=O) groups is 1. The number of hydrogen-bond acceptors (Lipinski definition) is 6. The lowest BCUT2D eigenvalue weighted by Crippen LogP contribution is -2.28. The molecule has 7 heteroatoms. The second-order valence-electron chi connectivity index (χ2n) is 3.80. The first kappa shape index (κ1) is 12.9. The fourth-order valence-electron chi connectivity index (χ4n) is 1.57. The lowest BCUT2D eigenvalue weighted by atomic mass is 10.2. The summed E-state index contributed by atoms with van der Waals surface area (Å²) in [5.74, 6) is -0.597. The molecule has 1 unspecified atom stereocenters. The van der Waals surface area contributed by atoms with Crippen molar-refractivity contribution in [1.29, 1.82) is 0 Å². The molecule has 2 aromatic rings. The van der Waals surface area contributed by atoms with Crippen LogP contribution in [0.3, 0.4) is 0 Å². The molecule has 0 aliphatic heterocycles. The highest BCUT2D eigenvalue weighted by atomic mass is 16.5. The molecule has 98 valence electrons. The summed E-state index contributed by atoms with van der Waals surface area (Å²) in [5, 5.41) is 3.98. The van der Waals surface area contributed by atoms with Gasteiger partial charge in [0, 0.05) is 18.5 Å². The smallest absolute Gasteiger partial charge is 0.358 e. The van der Waals surface area contributed by atoms with Crippen LogP contribution in [-0.4, -0.2) is 32.8 Å². The first-order valence-electron chi connectivity index (χ1n) is 5.57. The molecule has 0 saturated heterocycles. The Morgan fingerprint density at radius 3 is 2.79 bits per heavy atom. The predicted octanol–water partition coefficient (Wildman–Crippen LogP) is 0.429. The van der Waals surface area contributed by atoms with Gasteiger partial charge >= 0.3 is 5.97 Å². The van der Waals surface area contributed by atoms with Crippen molar-refractivity contribution in [2.75, 3.05) is 7.11 Å². The number of methoxy groups -OCH3 is 1. The molecule has 0 fully saturated rings. The zero-order valence-corrected chi connectivity index (χ0v) is 10.5. The third kappa shape index (κ3) is 2.65. The van der Waals surface area contributed by atoms with Gasteiger partial charge < -0.3 is 4.74 Å². The average Bonchev–Trinajstić information content (AvgIpc) is 2.47. The summed E-state index contributed by atoms with van der Waals surface area (Å²) < 4.78 is 5.75. The molecule has 2 heterocycles. The number of aromatic nitrogens is 4. The van der Waals surface area contributed by atoms with Crippen LogP contribution in [0.5, 0.6) is 0 Å². The van der Waals surface area contributed by atoms with Crippen LogP contribution in [0.1, 0.15) is 29.1 Å². The molecule has 0 spiro atoms. The van der Waals surface area contributed by atoms with E-state index in [1.807, 2.05) is 0 Å². The van der Waals surface area contributed by atoms with Crippen LogP contribution in [-0.2, 0) is 4.74 Å². The molecule has 2 rings (SSSR count). The number of nitrogens with zero attached hydrogens (tertiary/aromatic N) is 4. The van der Waals surface area contributed by atoms with Gasteiger partial charge in [-0.1, -0.05) is 0 Å². The summed E-state index contributed by atoms with van der Waals surface area (Å²) in [6.45, 7) is 1.75. The number of hydrogen-bond donors (Lipinski definition) is 0. The quantitative estimate of drug-likeness (QED) is 0.744. The van der Waals surface area contributed by atoms with Crippen molar-refractivity contribution < 1.29 is 9.53 Å². The van der Waals surface area contributed by atoms with Crippen molar-refractivity contribution in [3.8, 4) is 0 Å². The summed E-state index contributed by atoms with van der Waals surface area (Å²) in [6.07, 6.45) is 4.61. The summed E-state index contributed by atoms with van der Waals surface area (Å²) >= 11 is 0. The maximum atomic E-state index is 11.8. The maximum Gasteiger partial charge on any atom is 0.358 e. The number of carbonyl (C=O) groups excluding carboxylic acids is 1. The highest BCUT2D eigenvalue weighted by Crippen LogP contribution is 2.10. The van der Waals surface area contributed by atoms with Crippen LogP contribution in [0, 0.1) is 0 Å². The van der Waals surface area contributed by atoms with E-state index in [1.165, 1.54) is 36.3 Å². The van der Waals surface area contributed by atoms with Crippen LogP contribution >= 0.6 is 0 Å². The topological polar surface area (TPSA) is 87.0 Å². The van der Waals surface area contributed by atoms with E-state index in [4.69, 9.17) is 0 Å². The van der Waals surface area contributed by atoms with E-state index in [-0.39, 0.29) is 11.3 Å². The molecule has 0 amide bonds. The van der Waals surface area contributed by atoms with Crippen LogP contribution in [0.2, 0.25) is 0 Å². The number of ether oxygens (including phenoxy) is 1. The van der Waals surface area contributed by atoms with Crippen molar-refractivity contribution in [2.45, 2.75) is 13.0 Å². The van der Waals surface area contributed by atoms with E-state index in [0.717, 1.165) is 0 Å². The molecular formula is C12H12N4O3. The van der Waals surface area contributed by atoms with E-state index in [2.05, 4.69) is 19.8 Å². The highest BCUT2D eigenvalue weighted by molar-refractivity contribution is 5.86. The second kappa shape index (κ2) is 5.38. The molecule has 1 atom stereocenters. The number of rotatable bonds is 3. The molecule has 0 aliphatic carbocycles. The zero-order valence-electron chi connectivity index (χ0n) is 10.5. The number of esters is 1. The molecule has 0 bridgehead atoms. The Balaban J connectivity index is 2.44.